The first-order chi connectivity index (χ1) is 11.0. The van der Waals surface area contributed by atoms with Gasteiger partial charge in [0.15, 0.2) is 0 Å². The summed E-state index contributed by atoms with van der Waals surface area (Å²) in [5, 5.41) is 3.51. The number of primary amides is 1. The van der Waals surface area contributed by atoms with Gasteiger partial charge in [-0.2, -0.15) is 0 Å². The Hall–Kier alpha value is -2.01. The van der Waals surface area contributed by atoms with E-state index >= 15 is 0 Å². The standard InChI is InChI=1S/C18H23N3OS/c1-12-9-15(13(2)23-12)11-20-16-10-14(18(19)22)5-6-17(16)21-7-3-4-8-21/h5-6,9-10,20H,3-4,7-8,11H2,1-2H3,(H2,19,22). The van der Waals surface area contributed by atoms with Crippen LogP contribution in [0.4, 0.5) is 11.4 Å². The Morgan fingerprint density at radius 2 is 2.00 bits per heavy atom. The Labute approximate surface area is 141 Å². The van der Waals surface area contributed by atoms with Crippen LogP contribution in [0, 0.1) is 13.8 Å². The summed E-state index contributed by atoms with van der Waals surface area (Å²) in [6.45, 7) is 7.18. The molecule has 0 spiro atoms. The van der Waals surface area contributed by atoms with Gasteiger partial charge in [-0.25, -0.2) is 0 Å². The van der Waals surface area contributed by atoms with Gasteiger partial charge in [-0.15, -0.1) is 11.3 Å². The van der Waals surface area contributed by atoms with E-state index in [2.05, 4.69) is 30.1 Å². The molecule has 3 N–H and O–H groups in total. The van der Waals surface area contributed by atoms with Crippen LogP contribution in [0.25, 0.3) is 0 Å². The third kappa shape index (κ3) is 3.50. The molecule has 1 aliphatic heterocycles. The van der Waals surface area contributed by atoms with E-state index in [1.807, 2.05) is 29.5 Å². The monoisotopic (exact) mass is 329 g/mol. The highest BCUT2D eigenvalue weighted by Crippen LogP contribution is 2.31. The van der Waals surface area contributed by atoms with E-state index in [0.717, 1.165) is 31.0 Å². The quantitative estimate of drug-likeness (QED) is 0.880. The summed E-state index contributed by atoms with van der Waals surface area (Å²) < 4.78 is 0. The number of aryl methyl sites for hydroxylation is 2. The Morgan fingerprint density at radius 1 is 1.26 bits per heavy atom. The molecule has 0 radical (unpaired) electrons. The van der Waals surface area contributed by atoms with Gasteiger partial charge in [-0.05, 0) is 56.5 Å². The lowest BCUT2D eigenvalue weighted by Crippen LogP contribution is -2.20. The summed E-state index contributed by atoms with van der Waals surface area (Å²) in [6, 6.07) is 7.94. The molecule has 0 saturated carbocycles. The smallest absolute Gasteiger partial charge is 0.248 e. The highest BCUT2D eigenvalue weighted by Gasteiger charge is 2.17. The highest BCUT2D eigenvalue weighted by atomic mass is 32.1. The molecule has 3 rings (SSSR count). The zero-order valence-electron chi connectivity index (χ0n) is 13.7. The number of thiophene rings is 1. The molecule has 1 amide bonds. The van der Waals surface area contributed by atoms with Crippen molar-refractivity contribution in [2.24, 2.45) is 5.73 Å². The number of benzene rings is 1. The molecule has 1 aromatic heterocycles. The Kier molecular flexibility index (Phi) is 4.57. The number of carbonyl (C=O) groups excluding carboxylic acids is 1. The molecule has 122 valence electrons. The van der Waals surface area contributed by atoms with Crippen molar-refractivity contribution < 1.29 is 4.79 Å². The maximum Gasteiger partial charge on any atom is 0.248 e. The fourth-order valence-corrected chi connectivity index (χ4v) is 4.06. The van der Waals surface area contributed by atoms with Crippen LogP contribution in [0.3, 0.4) is 0 Å². The number of anilines is 2. The second kappa shape index (κ2) is 6.62. The first-order valence-corrected chi connectivity index (χ1v) is 8.85. The molecular weight excluding hydrogens is 306 g/mol. The molecule has 4 nitrogen and oxygen atoms in total. The van der Waals surface area contributed by atoms with Crippen LogP contribution < -0.4 is 16.0 Å². The second-order valence-corrected chi connectivity index (χ2v) is 7.54. The van der Waals surface area contributed by atoms with Gasteiger partial charge < -0.3 is 16.0 Å². The average molecular weight is 329 g/mol. The van der Waals surface area contributed by atoms with E-state index in [1.165, 1.54) is 28.2 Å². The number of rotatable bonds is 5. The molecule has 1 aromatic carbocycles. The minimum absolute atomic E-state index is 0.386. The maximum absolute atomic E-state index is 11.5. The van der Waals surface area contributed by atoms with Crippen molar-refractivity contribution in [1.29, 1.82) is 0 Å². The van der Waals surface area contributed by atoms with E-state index in [9.17, 15) is 4.79 Å². The summed E-state index contributed by atoms with van der Waals surface area (Å²) >= 11 is 1.82. The molecule has 1 saturated heterocycles. The fourth-order valence-electron chi connectivity index (χ4n) is 3.11. The third-order valence-corrected chi connectivity index (χ3v) is 5.35. The summed E-state index contributed by atoms with van der Waals surface area (Å²) in [6.07, 6.45) is 2.44. The lowest BCUT2D eigenvalue weighted by atomic mass is 10.1. The zero-order valence-corrected chi connectivity index (χ0v) is 14.5. The normalized spacial score (nSPS) is 14.3. The molecule has 2 heterocycles. The average Bonchev–Trinajstić information content (AvgIpc) is 3.14. The molecular formula is C18H23N3OS. The number of nitrogens with zero attached hydrogens (tertiary/aromatic N) is 1. The van der Waals surface area contributed by atoms with Crippen molar-refractivity contribution in [2.75, 3.05) is 23.3 Å². The number of nitrogens with two attached hydrogens (primary N) is 1. The summed E-state index contributed by atoms with van der Waals surface area (Å²) in [4.78, 5) is 16.5. The summed E-state index contributed by atoms with van der Waals surface area (Å²) in [7, 11) is 0. The largest absolute Gasteiger partial charge is 0.379 e. The number of hydrogen-bond donors (Lipinski definition) is 2. The van der Waals surface area contributed by atoms with E-state index in [0.29, 0.717) is 5.56 Å². The predicted molar refractivity (Wildman–Crippen MR) is 97.5 cm³/mol. The topological polar surface area (TPSA) is 58.4 Å². The van der Waals surface area contributed by atoms with Crippen molar-refractivity contribution >= 4 is 28.6 Å². The van der Waals surface area contributed by atoms with Crippen LogP contribution in [-0.4, -0.2) is 19.0 Å². The molecule has 0 atom stereocenters. The first kappa shape index (κ1) is 15.9. The molecule has 0 bridgehead atoms. The van der Waals surface area contributed by atoms with Crippen LogP contribution in [-0.2, 0) is 6.54 Å². The van der Waals surface area contributed by atoms with Gasteiger partial charge >= 0.3 is 0 Å². The van der Waals surface area contributed by atoms with E-state index in [-0.39, 0.29) is 5.91 Å². The van der Waals surface area contributed by atoms with Crippen molar-refractivity contribution in [3.8, 4) is 0 Å². The van der Waals surface area contributed by atoms with Gasteiger partial charge in [0.1, 0.15) is 0 Å². The van der Waals surface area contributed by atoms with Crippen molar-refractivity contribution in [3.05, 3.63) is 45.1 Å². The van der Waals surface area contributed by atoms with Gasteiger partial charge in [-0.3, -0.25) is 4.79 Å². The van der Waals surface area contributed by atoms with Gasteiger partial charge in [-0.1, -0.05) is 0 Å². The number of amides is 1. The first-order valence-electron chi connectivity index (χ1n) is 8.03. The van der Waals surface area contributed by atoms with Crippen LogP contribution in [0.2, 0.25) is 0 Å². The minimum Gasteiger partial charge on any atom is -0.379 e. The molecule has 0 unspecified atom stereocenters. The lowest BCUT2D eigenvalue weighted by Gasteiger charge is -2.22. The van der Waals surface area contributed by atoms with Crippen molar-refractivity contribution in [1.82, 2.24) is 0 Å². The van der Waals surface area contributed by atoms with Crippen LogP contribution in [0.15, 0.2) is 24.3 Å². The Morgan fingerprint density at radius 3 is 2.61 bits per heavy atom. The van der Waals surface area contributed by atoms with Gasteiger partial charge in [0.05, 0.1) is 11.4 Å². The highest BCUT2D eigenvalue weighted by molar-refractivity contribution is 7.12. The molecule has 1 fully saturated rings. The Balaban J connectivity index is 1.86. The van der Waals surface area contributed by atoms with Crippen molar-refractivity contribution in [3.63, 3.8) is 0 Å². The van der Waals surface area contributed by atoms with E-state index in [1.54, 1.807) is 0 Å². The molecule has 23 heavy (non-hydrogen) atoms. The maximum atomic E-state index is 11.5. The minimum atomic E-state index is -0.386. The van der Waals surface area contributed by atoms with Crippen molar-refractivity contribution in [2.45, 2.75) is 33.2 Å². The second-order valence-electron chi connectivity index (χ2n) is 6.08. The van der Waals surface area contributed by atoms with Crippen LogP contribution in [0.5, 0.6) is 0 Å². The molecule has 0 aliphatic carbocycles. The van der Waals surface area contributed by atoms with Gasteiger partial charge in [0, 0.05) is 35.0 Å². The summed E-state index contributed by atoms with van der Waals surface area (Å²) in [5.41, 5.74) is 9.46. The van der Waals surface area contributed by atoms with Crippen LogP contribution >= 0.6 is 11.3 Å². The van der Waals surface area contributed by atoms with Gasteiger partial charge in [0.25, 0.3) is 0 Å². The molecule has 2 aromatic rings. The SMILES string of the molecule is Cc1cc(CNc2cc(C(N)=O)ccc2N2CCCC2)c(C)s1. The third-order valence-electron chi connectivity index (χ3n) is 4.34. The fraction of sp³-hybridized carbons (Fsp3) is 0.389. The predicted octanol–water partition coefficient (Wildman–Crippen LogP) is 3.68. The summed E-state index contributed by atoms with van der Waals surface area (Å²) in [5.74, 6) is -0.386. The zero-order chi connectivity index (χ0) is 16.4. The van der Waals surface area contributed by atoms with Crippen LogP contribution in [0.1, 0.15) is 38.5 Å². The number of hydrogen-bond acceptors (Lipinski definition) is 4. The molecule has 5 heteroatoms. The van der Waals surface area contributed by atoms with E-state index in [4.69, 9.17) is 5.73 Å². The number of nitrogens with one attached hydrogen (secondary N) is 1. The molecule has 1 aliphatic rings. The lowest BCUT2D eigenvalue weighted by molar-refractivity contribution is 0.100. The Bertz CT molecular complexity index is 717. The van der Waals surface area contributed by atoms with E-state index < -0.39 is 0 Å². The number of carbonyl (C=O) groups is 1. The van der Waals surface area contributed by atoms with Gasteiger partial charge in [0.2, 0.25) is 5.91 Å².